The molecule has 0 spiro atoms. The second kappa shape index (κ2) is 7.65. The first-order valence-electron chi connectivity index (χ1n) is 8.18. The predicted molar refractivity (Wildman–Crippen MR) is 102 cm³/mol. The van der Waals surface area contributed by atoms with Crippen LogP contribution in [0.15, 0.2) is 54.9 Å². The highest BCUT2D eigenvalue weighted by Crippen LogP contribution is 2.24. The van der Waals surface area contributed by atoms with Gasteiger partial charge in [-0.3, -0.25) is 4.79 Å². The molecule has 0 aliphatic rings. The molecule has 1 heterocycles. The number of ether oxygens (including phenoxy) is 1. The quantitative estimate of drug-likeness (QED) is 0.726. The largest absolute Gasteiger partial charge is 0.495 e. The number of rotatable bonds is 5. The van der Waals surface area contributed by atoms with Crippen LogP contribution in [0.4, 0.5) is 17.3 Å². The molecule has 2 aromatic carbocycles. The third kappa shape index (κ3) is 3.80. The molecule has 0 radical (unpaired) electrons. The number of methoxy groups -OCH3 is 1. The van der Waals surface area contributed by atoms with Crippen LogP contribution in [0.25, 0.3) is 0 Å². The van der Waals surface area contributed by atoms with E-state index in [1.807, 2.05) is 44.2 Å². The minimum Gasteiger partial charge on any atom is -0.495 e. The molecule has 0 aliphatic heterocycles. The van der Waals surface area contributed by atoms with E-state index in [1.54, 1.807) is 19.2 Å². The molecule has 0 bridgehead atoms. The summed E-state index contributed by atoms with van der Waals surface area (Å²) in [4.78, 5) is 20.9. The lowest BCUT2D eigenvalue weighted by Gasteiger charge is -2.12. The van der Waals surface area contributed by atoms with Crippen LogP contribution in [0.2, 0.25) is 0 Å². The molecule has 6 nitrogen and oxygen atoms in total. The lowest BCUT2D eigenvalue weighted by atomic mass is 10.1. The second-order valence-corrected chi connectivity index (χ2v) is 5.84. The Kier molecular flexibility index (Phi) is 5.12. The van der Waals surface area contributed by atoms with Crippen LogP contribution in [0.5, 0.6) is 5.75 Å². The molecule has 3 aromatic rings. The first kappa shape index (κ1) is 17.4. The summed E-state index contributed by atoms with van der Waals surface area (Å²) in [6.45, 7) is 4.04. The van der Waals surface area contributed by atoms with Crippen LogP contribution in [0.1, 0.15) is 21.5 Å². The molecule has 0 aliphatic carbocycles. The molecule has 0 fully saturated rings. The van der Waals surface area contributed by atoms with Crippen molar-refractivity contribution < 1.29 is 9.53 Å². The topological polar surface area (TPSA) is 76.1 Å². The van der Waals surface area contributed by atoms with Gasteiger partial charge >= 0.3 is 0 Å². The van der Waals surface area contributed by atoms with Crippen molar-refractivity contribution in [3.05, 3.63) is 71.5 Å². The fourth-order valence-corrected chi connectivity index (χ4v) is 2.58. The number of nitrogens with one attached hydrogen (secondary N) is 2. The van der Waals surface area contributed by atoms with Gasteiger partial charge in [-0.05, 0) is 37.1 Å². The normalized spacial score (nSPS) is 10.3. The average molecular weight is 348 g/mol. The van der Waals surface area contributed by atoms with Crippen molar-refractivity contribution in [2.24, 2.45) is 0 Å². The second-order valence-electron chi connectivity index (χ2n) is 5.84. The van der Waals surface area contributed by atoms with Gasteiger partial charge in [0, 0.05) is 18.1 Å². The van der Waals surface area contributed by atoms with Crippen molar-refractivity contribution in [2.45, 2.75) is 13.8 Å². The van der Waals surface area contributed by atoms with E-state index < -0.39 is 0 Å². The maximum Gasteiger partial charge on any atom is 0.258 e. The van der Waals surface area contributed by atoms with Crippen LogP contribution in [0, 0.1) is 13.8 Å². The van der Waals surface area contributed by atoms with Crippen molar-refractivity contribution in [1.29, 1.82) is 0 Å². The number of amides is 1. The van der Waals surface area contributed by atoms with Gasteiger partial charge in [0.05, 0.1) is 18.4 Å². The first-order chi connectivity index (χ1) is 12.6. The summed E-state index contributed by atoms with van der Waals surface area (Å²) >= 11 is 0. The smallest absolute Gasteiger partial charge is 0.258 e. The molecule has 0 saturated heterocycles. The zero-order chi connectivity index (χ0) is 18.5. The maximum absolute atomic E-state index is 12.4. The Hall–Kier alpha value is -3.41. The monoisotopic (exact) mass is 348 g/mol. The van der Waals surface area contributed by atoms with E-state index in [4.69, 9.17) is 4.74 Å². The molecule has 1 aromatic heterocycles. The number of aromatic nitrogens is 2. The fraction of sp³-hybridized carbons (Fsp3) is 0.150. The Labute approximate surface area is 152 Å². The lowest BCUT2D eigenvalue weighted by molar-refractivity contribution is 0.102. The third-order valence-corrected chi connectivity index (χ3v) is 3.99. The number of hydrogen-bond donors (Lipinski definition) is 2. The summed E-state index contributed by atoms with van der Waals surface area (Å²) in [6, 6.07) is 13.3. The Morgan fingerprint density at radius 2 is 1.62 bits per heavy atom. The first-order valence-corrected chi connectivity index (χ1v) is 8.18. The molecule has 26 heavy (non-hydrogen) atoms. The zero-order valence-electron chi connectivity index (χ0n) is 14.9. The fourth-order valence-electron chi connectivity index (χ4n) is 2.58. The van der Waals surface area contributed by atoms with Crippen molar-refractivity contribution in [3.8, 4) is 5.75 Å². The van der Waals surface area contributed by atoms with Crippen LogP contribution >= 0.6 is 0 Å². The summed E-state index contributed by atoms with van der Waals surface area (Å²) in [5, 5.41) is 6.00. The molecule has 132 valence electrons. The minimum absolute atomic E-state index is 0.298. The highest BCUT2D eigenvalue weighted by atomic mass is 16.5. The van der Waals surface area contributed by atoms with Gasteiger partial charge in [0.1, 0.15) is 5.75 Å². The van der Waals surface area contributed by atoms with Gasteiger partial charge in [-0.15, -0.1) is 0 Å². The number of para-hydroxylation sites is 3. The molecule has 6 heteroatoms. The standard InChI is InChI=1S/C20H20N4O2/c1-13-7-6-8-14(2)18(13)24-20-21-11-15(12-22-20)19(25)23-16-9-4-5-10-17(16)26-3/h4-12H,1-3H3,(H,23,25)(H,21,22,24). The molecule has 0 unspecified atom stereocenters. The maximum atomic E-state index is 12.4. The Bertz CT molecular complexity index is 903. The molecular weight excluding hydrogens is 328 g/mol. The zero-order valence-corrected chi connectivity index (χ0v) is 14.9. The van der Waals surface area contributed by atoms with Crippen LogP contribution in [-0.4, -0.2) is 23.0 Å². The van der Waals surface area contributed by atoms with Crippen LogP contribution in [-0.2, 0) is 0 Å². The van der Waals surface area contributed by atoms with Crippen molar-refractivity contribution >= 4 is 23.2 Å². The molecule has 1 amide bonds. The van der Waals surface area contributed by atoms with Gasteiger partial charge in [-0.2, -0.15) is 0 Å². The summed E-state index contributed by atoms with van der Waals surface area (Å²) in [5.74, 6) is 0.736. The van der Waals surface area contributed by atoms with Crippen molar-refractivity contribution in [1.82, 2.24) is 9.97 Å². The summed E-state index contributed by atoms with van der Waals surface area (Å²) in [5.41, 5.74) is 4.14. The van der Waals surface area contributed by atoms with Gasteiger partial charge in [-0.1, -0.05) is 30.3 Å². The van der Waals surface area contributed by atoms with Crippen molar-refractivity contribution in [3.63, 3.8) is 0 Å². The molecular formula is C20H20N4O2. The Balaban J connectivity index is 1.74. The van der Waals surface area contributed by atoms with Gasteiger partial charge < -0.3 is 15.4 Å². The van der Waals surface area contributed by atoms with E-state index in [9.17, 15) is 4.79 Å². The summed E-state index contributed by atoms with van der Waals surface area (Å²) in [7, 11) is 1.56. The Morgan fingerprint density at radius 1 is 0.962 bits per heavy atom. The van der Waals surface area contributed by atoms with Gasteiger partial charge in [0.15, 0.2) is 0 Å². The SMILES string of the molecule is COc1ccccc1NC(=O)c1cnc(Nc2c(C)cccc2C)nc1. The number of carbonyl (C=O) groups is 1. The number of nitrogens with zero attached hydrogens (tertiary/aromatic N) is 2. The van der Waals surface area contributed by atoms with Gasteiger partial charge in [0.25, 0.3) is 5.91 Å². The van der Waals surface area contributed by atoms with E-state index >= 15 is 0 Å². The van der Waals surface area contributed by atoms with Crippen LogP contribution < -0.4 is 15.4 Å². The highest BCUT2D eigenvalue weighted by molar-refractivity contribution is 6.04. The minimum atomic E-state index is -0.298. The lowest BCUT2D eigenvalue weighted by Crippen LogP contribution is -2.13. The van der Waals surface area contributed by atoms with E-state index in [0.29, 0.717) is 22.9 Å². The average Bonchev–Trinajstić information content (AvgIpc) is 2.66. The summed E-state index contributed by atoms with van der Waals surface area (Å²) in [6.07, 6.45) is 2.99. The molecule has 0 atom stereocenters. The van der Waals surface area contributed by atoms with Gasteiger partial charge in [-0.25, -0.2) is 9.97 Å². The van der Waals surface area contributed by atoms with Crippen molar-refractivity contribution in [2.75, 3.05) is 17.7 Å². The number of anilines is 3. The van der Waals surface area contributed by atoms with E-state index in [2.05, 4.69) is 20.6 Å². The van der Waals surface area contributed by atoms with Gasteiger partial charge in [0.2, 0.25) is 5.95 Å². The number of carbonyl (C=O) groups excluding carboxylic acids is 1. The number of aryl methyl sites for hydroxylation is 2. The molecule has 2 N–H and O–H groups in total. The number of benzene rings is 2. The predicted octanol–water partition coefficient (Wildman–Crippen LogP) is 4.10. The van der Waals surface area contributed by atoms with E-state index in [1.165, 1.54) is 12.4 Å². The Morgan fingerprint density at radius 3 is 2.27 bits per heavy atom. The molecule has 0 saturated carbocycles. The number of hydrogen-bond acceptors (Lipinski definition) is 5. The summed E-state index contributed by atoms with van der Waals surface area (Å²) < 4.78 is 5.23. The van der Waals surface area contributed by atoms with E-state index in [0.717, 1.165) is 16.8 Å². The third-order valence-electron chi connectivity index (χ3n) is 3.99. The highest BCUT2D eigenvalue weighted by Gasteiger charge is 2.11. The van der Waals surface area contributed by atoms with Crippen LogP contribution in [0.3, 0.4) is 0 Å². The van der Waals surface area contributed by atoms with E-state index in [-0.39, 0.29) is 5.91 Å². The molecule has 3 rings (SSSR count).